The average Bonchev–Trinajstić information content (AvgIpc) is 2.61. The summed E-state index contributed by atoms with van der Waals surface area (Å²) >= 11 is 0. The number of hydrogen-bond donors (Lipinski definition) is 0. The smallest absolute Gasteiger partial charge is 0.253 e. The number of carbonyl (C=O) groups excluding carboxylic acids is 2. The third kappa shape index (κ3) is 3.97. The molecule has 1 atom stereocenters. The largest absolute Gasteiger partial charge is 0.370 e. The number of benzene rings is 1. The highest BCUT2D eigenvalue weighted by atomic mass is 32.2. The van der Waals surface area contributed by atoms with Gasteiger partial charge >= 0.3 is 0 Å². The molecule has 148 valence electrons. The van der Waals surface area contributed by atoms with E-state index < -0.39 is 27.8 Å². The molecule has 0 saturated carbocycles. The number of piperidine rings is 1. The number of nitrogens with zero attached hydrogens (tertiary/aromatic N) is 3. The fourth-order valence-electron chi connectivity index (χ4n) is 3.34. The molecule has 2 fully saturated rings. The molecule has 0 bridgehead atoms. The zero-order valence-corrected chi connectivity index (χ0v) is 16.0. The lowest BCUT2D eigenvalue weighted by atomic mass is 10.0. The molecule has 10 heteroatoms. The molecular formula is C17H22FN3O5S. The Hall–Kier alpha value is -2.04. The van der Waals surface area contributed by atoms with Crippen LogP contribution in [0.1, 0.15) is 12.8 Å². The van der Waals surface area contributed by atoms with Crippen LogP contribution in [-0.4, -0.2) is 70.2 Å². The molecule has 2 aliphatic heterocycles. The highest BCUT2D eigenvalue weighted by Gasteiger charge is 2.37. The van der Waals surface area contributed by atoms with Gasteiger partial charge in [0.15, 0.2) is 0 Å². The number of amides is 2. The van der Waals surface area contributed by atoms with Crippen molar-refractivity contribution in [2.75, 3.05) is 49.4 Å². The Kier molecular flexibility index (Phi) is 5.50. The van der Waals surface area contributed by atoms with Crippen LogP contribution in [0.25, 0.3) is 0 Å². The molecule has 0 N–H and O–H groups in total. The molecule has 1 aromatic rings. The van der Waals surface area contributed by atoms with Crippen molar-refractivity contribution in [1.29, 1.82) is 0 Å². The summed E-state index contributed by atoms with van der Waals surface area (Å²) in [6.07, 6.45) is 1.98. The first-order chi connectivity index (χ1) is 12.7. The van der Waals surface area contributed by atoms with Gasteiger partial charge in [-0.3, -0.25) is 9.59 Å². The van der Waals surface area contributed by atoms with Crippen LogP contribution in [0.3, 0.4) is 0 Å². The first-order valence-electron chi connectivity index (χ1n) is 8.62. The van der Waals surface area contributed by atoms with E-state index in [0.29, 0.717) is 38.2 Å². The molecule has 1 aromatic carbocycles. The SMILES string of the molecule is CN(C1CCCN(c2ccc(N3CCOCC3=O)cc2F)C1=O)S(C)(=O)=O. The third-order valence-corrected chi connectivity index (χ3v) is 6.19. The van der Waals surface area contributed by atoms with Gasteiger partial charge < -0.3 is 14.5 Å². The minimum absolute atomic E-state index is 0.0481. The van der Waals surface area contributed by atoms with Gasteiger partial charge in [-0.05, 0) is 31.0 Å². The van der Waals surface area contributed by atoms with E-state index >= 15 is 0 Å². The number of ether oxygens (including phenoxy) is 1. The molecule has 0 aromatic heterocycles. The summed E-state index contributed by atoms with van der Waals surface area (Å²) in [4.78, 5) is 27.4. The second-order valence-corrected chi connectivity index (χ2v) is 8.70. The molecule has 0 spiro atoms. The van der Waals surface area contributed by atoms with Crippen LogP contribution in [-0.2, 0) is 24.3 Å². The maximum atomic E-state index is 14.8. The normalized spacial score (nSPS) is 21.9. The maximum absolute atomic E-state index is 14.8. The van der Waals surface area contributed by atoms with Crippen LogP contribution >= 0.6 is 0 Å². The van der Waals surface area contributed by atoms with Gasteiger partial charge in [0.2, 0.25) is 15.9 Å². The van der Waals surface area contributed by atoms with Gasteiger partial charge in [-0.2, -0.15) is 4.31 Å². The van der Waals surface area contributed by atoms with Gasteiger partial charge in [0.1, 0.15) is 18.5 Å². The summed E-state index contributed by atoms with van der Waals surface area (Å²) in [6.45, 7) is 0.966. The lowest BCUT2D eigenvalue weighted by Gasteiger charge is -2.36. The number of hydrogen-bond acceptors (Lipinski definition) is 5. The molecule has 2 saturated heterocycles. The van der Waals surface area contributed by atoms with Crippen molar-refractivity contribution in [2.45, 2.75) is 18.9 Å². The molecule has 3 rings (SSSR count). The summed E-state index contributed by atoms with van der Waals surface area (Å²) in [6, 6.07) is 3.40. The second kappa shape index (κ2) is 7.53. The van der Waals surface area contributed by atoms with Crippen LogP contribution in [0.4, 0.5) is 15.8 Å². The van der Waals surface area contributed by atoms with Gasteiger partial charge in [-0.15, -0.1) is 0 Å². The molecule has 8 nitrogen and oxygen atoms in total. The summed E-state index contributed by atoms with van der Waals surface area (Å²) in [5.41, 5.74) is 0.481. The Labute approximate surface area is 157 Å². The van der Waals surface area contributed by atoms with Crippen molar-refractivity contribution in [3.05, 3.63) is 24.0 Å². The molecule has 1 unspecified atom stereocenters. The minimum Gasteiger partial charge on any atom is -0.370 e. The summed E-state index contributed by atoms with van der Waals surface area (Å²) in [5.74, 6) is -1.34. The molecule has 0 aliphatic carbocycles. The first-order valence-corrected chi connectivity index (χ1v) is 10.5. The van der Waals surface area contributed by atoms with Gasteiger partial charge in [0, 0.05) is 25.8 Å². The molecular weight excluding hydrogens is 377 g/mol. The molecule has 2 heterocycles. The average molecular weight is 399 g/mol. The summed E-state index contributed by atoms with van der Waals surface area (Å²) in [7, 11) is -2.19. The Morgan fingerprint density at radius 2 is 1.96 bits per heavy atom. The number of anilines is 2. The van der Waals surface area contributed by atoms with Crippen LogP contribution < -0.4 is 9.80 Å². The molecule has 27 heavy (non-hydrogen) atoms. The predicted molar refractivity (Wildman–Crippen MR) is 97.6 cm³/mol. The van der Waals surface area contributed by atoms with Crippen LogP contribution in [0.5, 0.6) is 0 Å². The zero-order chi connectivity index (χ0) is 19.8. The van der Waals surface area contributed by atoms with E-state index in [1.54, 1.807) is 6.07 Å². The fraction of sp³-hybridized carbons (Fsp3) is 0.529. The number of sulfonamides is 1. The van der Waals surface area contributed by atoms with Crippen LogP contribution in [0.15, 0.2) is 18.2 Å². The molecule has 0 radical (unpaired) electrons. The lowest BCUT2D eigenvalue weighted by Crippen LogP contribution is -2.53. The standard InChI is InChI=1S/C17H22FN3O5S/c1-19(27(2,24)25)15-4-3-7-21(17(15)23)14-6-5-12(10-13(14)18)20-8-9-26-11-16(20)22/h5-6,10,15H,3-4,7-9,11H2,1-2H3. The number of carbonyl (C=O) groups is 2. The van der Waals surface area contributed by atoms with Gasteiger partial charge in [0.05, 0.1) is 18.6 Å². The van der Waals surface area contributed by atoms with E-state index in [2.05, 4.69) is 0 Å². The van der Waals surface area contributed by atoms with Gasteiger partial charge in [-0.1, -0.05) is 0 Å². The Balaban J connectivity index is 1.85. The van der Waals surface area contributed by atoms with Crippen molar-refractivity contribution in [1.82, 2.24) is 4.31 Å². The number of rotatable bonds is 4. The highest BCUT2D eigenvalue weighted by molar-refractivity contribution is 7.88. The third-order valence-electron chi connectivity index (χ3n) is 4.89. The number of halogens is 1. The van der Waals surface area contributed by atoms with Gasteiger partial charge in [0.25, 0.3) is 5.91 Å². The van der Waals surface area contributed by atoms with E-state index in [9.17, 15) is 22.4 Å². The summed E-state index contributed by atoms with van der Waals surface area (Å²) < 4.78 is 44.4. The van der Waals surface area contributed by atoms with E-state index in [1.807, 2.05) is 0 Å². The number of morpholine rings is 1. The predicted octanol–water partition coefficient (Wildman–Crippen LogP) is 0.576. The Morgan fingerprint density at radius 3 is 2.59 bits per heavy atom. The highest BCUT2D eigenvalue weighted by Crippen LogP contribution is 2.30. The lowest BCUT2D eigenvalue weighted by molar-refractivity contribution is -0.125. The zero-order valence-electron chi connectivity index (χ0n) is 15.2. The topological polar surface area (TPSA) is 87.2 Å². The van der Waals surface area contributed by atoms with Crippen molar-refractivity contribution in [2.24, 2.45) is 0 Å². The molecule has 2 aliphatic rings. The van der Waals surface area contributed by atoms with Crippen molar-refractivity contribution >= 4 is 33.2 Å². The Bertz CT molecular complexity index is 860. The monoisotopic (exact) mass is 399 g/mol. The van der Waals surface area contributed by atoms with Crippen molar-refractivity contribution in [3.8, 4) is 0 Å². The van der Waals surface area contributed by atoms with Crippen molar-refractivity contribution in [3.63, 3.8) is 0 Å². The van der Waals surface area contributed by atoms with Crippen LogP contribution in [0, 0.1) is 5.82 Å². The number of likely N-dealkylation sites (N-methyl/N-ethyl adjacent to an activating group) is 1. The van der Waals surface area contributed by atoms with Gasteiger partial charge in [-0.25, -0.2) is 12.8 Å². The van der Waals surface area contributed by atoms with E-state index in [1.165, 1.54) is 29.0 Å². The summed E-state index contributed by atoms with van der Waals surface area (Å²) in [5, 5.41) is 0. The van der Waals surface area contributed by atoms with E-state index in [-0.39, 0.29) is 18.2 Å². The maximum Gasteiger partial charge on any atom is 0.253 e. The fourth-order valence-corrected chi connectivity index (χ4v) is 4.00. The molecule has 2 amide bonds. The first kappa shape index (κ1) is 19.7. The van der Waals surface area contributed by atoms with Crippen LogP contribution in [0.2, 0.25) is 0 Å². The Morgan fingerprint density at radius 1 is 1.22 bits per heavy atom. The minimum atomic E-state index is -3.54. The second-order valence-electron chi connectivity index (χ2n) is 6.66. The quantitative estimate of drug-likeness (QED) is 0.739. The van der Waals surface area contributed by atoms with E-state index in [4.69, 9.17) is 4.74 Å². The van der Waals surface area contributed by atoms with Crippen molar-refractivity contribution < 1.29 is 27.1 Å². The van der Waals surface area contributed by atoms with E-state index in [0.717, 1.165) is 10.6 Å².